The molecule has 4 N–H and O–H groups in total. The Morgan fingerprint density at radius 3 is 2.80 bits per heavy atom. The number of anilines is 1. The number of H-pyrrole nitrogens is 1. The van der Waals surface area contributed by atoms with Gasteiger partial charge >= 0.3 is 0 Å². The highest BCUT2D eigenvalue weighted by Gasteiger charge is 2.12. The minimum absolute atomic E-state index is 0.240. The van der Waals surface area contributed by atoms with Gasteiger partial charge in [-0.25, -0.2) is 0 Å². The van der Waals surface area contributed by atoms with E-state index in [-0.39, 0.29) is 11.7 Å². The van der Waals surface area contributed by atoms with E-state index in [1.54, 1.807) is 26.4 Å². The van der Waals surface area contributed by atoms with E-state index in [9.17, 15) is 4.79 Å². The fourth-order valence-corrected chi connectivity index (χ4v) is 1.75. The lowest BCUT2D eigenvalue weighted by Gasteiger charge is -2.11. The lowest BCUT2D eigenvalue weighted by Crippen LogP contribution is -2.23. The summed E-state index contributed by atoms with van der Waals surface area (Å²) in [6.45, 7) is 0.316. The van der Waals surface area contributed by atoms with Crippen LogP contribution in [0.1, 0.15) is 15.9 Å². The number of amides is 1. The van der Waals surface area contributed by atoms with Crippen LogP contribution in [0.5, 0.6) is 11.5 Å². The van der Waals surface area contributed by atoms with E-state index in [0.717, 1.165) is 5.56 Å². The van der Waals surface area contributed by atoms with E-state index in [0.29, 0.717) is 23.6 Å². The number of nitrogen functional groups attached to an aromatic ring is 1. The van der Waals surface area contributed by atoms with Crippen LogP contribution in [0.3, 0.4) is 0 Å². The predicted octanol–water partition coefficient (Wildman–Crippen LogP) is 0.939. The van der Waals surface area contributed by atoms with Crippen molar-refractivity contribution in [2.24, 2.45) is 0 Å². The monoisotopic (exact) mass is 276 g/mol. The molecule has 0 aliphatic heterocycles. The molecule has 1 amide bonds. The van der Waals surface area contributed by atoms with Crippen molar-refractivity contribution in [2.45, 2.75) is 6.54 Å². The van der Waals surface area contributed by atoms with Gasteiger partial charge in [-0.2, -0.15) is 5.10 Å². The Kier molecular flexibility index (Phi) is 4.09. The number of rotatable bonds is 5. The van der Waals surface area contributed by atoms with Gasteiger partial charge < -0.3 is 20.5 Å². The molecule has 0 aliphatic rings. The van der Waals surface area contributed by atoms with Crippen molar-refractivity contribution in [2.75, 3.05) is 20.0 Å². The summed E-state index contributed by atoms with van der Waals surface area (Å²) in [6, 6.07) is 5.39. The van der Waals surface area contributed by atoms with Gasteiger partial charge in [-0.15, -0.1) is 0 Å². The Morgan fingerprint density at radius 1 is 1.40 bits per heavy atom. The molecule has 0 saturated carbocycles. The van der Waals surface area contributed by atoms with Crippen LogP contribution in [0.4, 0.5) is 5.82 Å². The Morgan fingerprint density at radius 2 is 2.20 bits per heavy atom. The number of hydrogen-bond donors (Lipinski definition) is 3. The van der Waals surface area contributed by atoms with E-state index < -0.39 is 0 Å². The molecule has 0 spiro atoms. The molecule has 1 heterocycles. The molecular formula is C13H16N4O3. The first-order valence-corrected chi connectivity index (χ1v) is 5.93. The topological polar surface area (TPSA) is 102 Å². The zero-order valence-corrected chi connectivity index (χ0v) is 11.3. The maximum atomic E-state index is 11.9. The fourth-order valence-electron chi connectivity index (χ4n) is 1.75. The number of nitrogens with zero attached hydrogens (tertiary/aromatic N) is 1. The van der Waals surface area contributed by atoms with Crippen molar-refractivity contribution in [1.82, 2.24) is 15.5 Å². The van der Waals surface area contributed by atoms with Gasteiger partial charge in [0, 0.05) is 18.2 Å². The summed E-state index contributed by atoms with van der Waals surface area (Å²) in [5, 5.41) is 8.97. The number of aromatic nitrogens is 2. The van der Waals surface area contributed by atoms with Gasteiger partial charge in [0.1, 0.15) is 22.9 Å². The van der Waals surface area contributed by atoms with Crippen LogP contribution in [0, 0.1) is 0 Å². The number of carbonyl (C=O) groups is 1. The molecule has 0 radical (unpaired) electrons. The number of aromatic amines is 1. The number of carbonyl (C=O) groups excluding carboxylic acids is 1. The molecule has 106 valence electrons. The average molecular weight is 276 g/mol. The molecule has 20 heavy (non-hydrogen) atoms. The SMILES string of the molecule is COc1ccc(CNC(=O)c2cn[nH]c2N)c(OC)c1. The van der Waals surface area contributed by atoms with Crippen LogP contribution in [-0.2, 0) is 6.54 Å². The van der Waals surface area contributed by atoms with Crippen LogP contribution >= 0.6 is 0 Å². The molecule has 0 saturated heterocycles. The van der Waals surface area contributed by atoms with Crippen molar-refractivity contribution >= 4 is 11.7 Å². The predicted molar refractivity (Wildman–Crippen MR) is 73.7 cm³/mol. The van der Waals surface area contributed by atoms with Crippen molar-refractivity contribution in [3.05, 3.63) is 35.5 Å². The Labute approximate surface area is 116 Å². The van der Waals surface area contributed by atoms with Crippen molar-refractivity contribution in [1.29, 1.82) is 0 Å². The fraction of sp³-hybridized carbons (Fsp3) is 0.231. The summed E-state index contributed by atoms with van der Waals surface area (Å²) in [5.41, 5.74) is 6.74. The van der Waals surface area contributed by atoms with E-state index >= 15 is 0 Å². The molecule has 2 aromatic rings. The molecule has 0 fully saturated rings. The van der Waals surface area contributed by atoms with Gasteiger partial charge in [0.15, 0.2) is 0 Å². The molecule has 1 aromatic heterocycles. The second-order valence-electron chi connectivity index (χ2n) is 4.06. The van der Waals surface area contributed by atoms with Gasteiger partial charge in [-0.3, -0.25) is 9.89 Å². The molecule has 0 bridgehead atoms. The maximum absolute atomic E-state index is 11.9. The van der Waals surface area contributed by atoms with Crippen LogP contribution < -0.4 is 20.5 Å². The van der Waals surface area contributed by atoms with E-state index in [2.05, 4.69) is 15.5 Å². The van der Waals surface area contributed by atoms with Gasteiger partial charge in [0.25, 0.3) is 5.91 Å². The lowest BCUT2D eigenvalue weighted by molar-refractivity contribution is 0.0951. The zero-order chi connectivity index (χ0) is 14.5. The minimum atomic E-state index is -0.297. The summed E-state index contributed by atoms with van der Waals surface area (Å²) < 4.78 is 10.4. The Hall–Kier alpha value is -2.70. The maximum Gasteiger partial charge on any atom is 0.256 e. The molecule has 1 aromatic carbocycles. The largest absolute Gasteiger partial charge is 0.497 e. The molecule has 0 aliphatic carbocycles. The molecular weight excluding hydrogens is 260 g/mol. The minimum Gasteiger partial charge on any atom is -0.497 e. The highest BCUT2D eigenvalue weighted by atomic mass is 16.5. The van der Waals surface area contributed by atoms with Crippen LogP contribution in [-0.4, -0.2) is 30.3 Å². The van der Waals surface area contributed by atoms with Crippen LogP contribution in [0.2, 0.25) is 0 Å². The average Bonchev–Trinajstić information content (AvgIpc) is 2.90. The number of methoxy groups -OCH3 is 2. The highest BCUT2D eigenvalue weighted by Crippen LogP contribution is 2.24. The van der Waals surface area contributed by atoms with Gasteiger partial charge in [0.05, 0.1) is 20.4 Å². The number of nitrogens with two attached hydrogens (primary N) is 1. The molecule has 0 unspecified atom stereocenters. The second-order valence-corrected chi connectivity index (χ2v) is 4.06. The van der Waals surface area contributed by atoms with E-state index in [1.165, 1.54) is 6.20 Å². The van der Waals surface area contributed by atoms with Crippen molar-refractivity contribution in [3.8, 4) is 11.5 Å². The Balaban J connectivity index is 2.07. The summed E-state index contributed by atoms with van der Waals surface area (Å²) in [7, 11) is 3.14. The zero-order valence-electron chi connectivity index (χ0n) is 11.3. The summed E-state index contributed by atoms with van der Waals surface area (Å²) >= 11 is 0. The van der Waals surface area contributed by atoms with Crippen molar-refractivity contribution < 1.29 is 14.3 Å². The van der Waals surface area contributed by atoms with Crippen molar-refractivity contribution in [3.63, 3.8) is 0 Å². The summed E-state index contributed by atoms with van der Waals surface area (Å²) in [6.07, 6.45) is 1.38. The highest BCUT2D eigenvalue weighted by molar-refractivity contribution is 5.98. The lowest BCUT2D eigenvalue weighted by atomic mass is 10.2. The smallest absolute Gasteiger partial charge is 0.256 e. The first kappa shape index (κ1) is 13.7. The third-order valence-electron chi connectivity index (χ3n) is 2.85. The molecule has 0 atom stereocenters. The van der Waals surface area contributed by atoms with Crippen LogP contribution in [0.15, 0.2) is 24.4 Å². The number of nitrogens with one attached hydrogen (secondary N) is 2. The Bertz CT molecular complexity index is 609. The summed E-state index contributed by atoms with van der Waals surface area (Å²) in [5.74, 6) is 1.28. The quantitative estimate of drug-likeness (QED) is 0.754. The van der Waals surface area contributed by atoms with E-state index in [1.807, 2.05) is 6.07 Å². The summed E-state index contributed by atoms with van der Waals surface area (Å²) in [4.78, 5) is 11.9. The standard InChI is InChI=1S/C13H16N4O3/c1-19-9-4-3-8(11(5-9)20-2)6-15-13(18)10-7-16-17-12(10)14/h3-5,7H,6H2,1-2H3,(H,15,18)(H3,14,16,17). The van der Waals surface area contributed by atoms with Gasteiger partial charge in [-0.05, 0) is 12.1 Å². The first-order chi connectivity index (χ1) is 9.65. The van der Waals surface area contributed by atoms with Crippen LogP contribution in [0.25, 0.3) is 0 Å². The normalized spacial score (nSPS) is 10.1. The number of hydrogen-bond acceptors (Lipinski definition) is 5. The third kappa shape index (κ3) is 2.82. The third-order valence-corrected chi connectivity index (χ3v) is 2.85. The second kappa shape index (κ2) is 5.96. The molecule has 7 heteroatoms. The molecule has 7 nitrogen and oxygen atoms in total. The van der Waals surface area contributed by atoms with Gasteiger partial charge in [0.2, 0.25) is 0 Å². The number of ether oxygens (including phenoxy) is 2. The van der Waals surface area contributed by atoms with E-state index in [4.69, 9.17) is 15.2 Å². The first-order valence-electron chi connectivity index (χ1n) is 5.93. The number of benzene rings is 1. The molecule has 2 rings (SSSR count). The van der Waals surface area contributed by atoms with Gasteiger partial charge in [-0.1, -0.05) is 0 Å².